The van der Waals surface area contributed by atoms with Crippen LogP contribution >= 0.6 is 23.5 Å². The number of amides is 6. The van der Waals surface area contributed by atoms with Gasteiger partial charge in [0.2, 0.25) is 35.4 Å². The minimum atomic E-state index is -1.04. The van der Waals surface area contributed by atoms with Crippen LogP contribution in [0.25, 0.3) is 0 Å². The number of carbonyl (C=O) groups is 6. The zero-order valence-corrected chi connectivity index (χ0v) is 33.7. The molecule has 2 aliphatic heterocycles. The van der Waals surface area contributed by atoms with Gasteiger partial charge in [0.15, 0.2) is 0 Å². The Hall–Kier alpha value is -4.20. The van der Waals surface area contributed by atoms with Crippen LogP contribution in [0, 0.1) is 0 Å². The largest absolute Gasteiger partial charge is 0.395 e. The molecule has 6 atom stereocenters. The molecule has 2 heterocycles. The molecule has 56 heavy (non-hydrogen) atoms. The predicted molar refractivity (Wildman–Crippen MR) is 215 cm³/mol. The first-order chi connectivity index (χ1) is 26.6. The van der Waals surface area contributed by atoms with Gasteiger partial charge in [-0.15, -0.1) is 23.5 Å². The lowest BCUT2D eigenvalue weighted by atomic mass is 10.0. The Balaban J connectivity index is 1.32. The maximum absolute atomic E-state index is 13.5. The molecule has 0 aromatic heterocycles. The van der Waals surface area contributed by atoms with Crippen molar-refractivity contribution in [2.75, 3.05) is 39.4 Å². The summed E-state index contributed by atoms with van der Waals surface area (Å²) in [4.78, 5) is 79.2. The van der Waals surface area contributed by atoms with Crippen molar-refractivity contribution < 1.29 is 39.0 Å². The minimum absolute atomic E-state index is 0.000925. The van der Waals surface area contributed by atoms with Crippen molar-refractivity contribution in [3.8, 4) is 0 Å². The fourth-order valence-electron chi connectivity index (χ4n) is 6.42. The minimum Gasteiger partial charge on any atom is -0.395 e. The first kappa shape index (κ1) is 44.5. The zero-order chi connectivity index (χ0) is 40.9. The van der Waals surface area contributed by atoms with E-state index >= 15 is 0 Å². The molecule has 16 nitrogen and oxygen atoms in total. The van der Waals surface area contributed by atoms with E-state index in [1.54, 1.807) is 0 Å². The summed E-state index contributed by atoms with van der Waals surface area (Å²) in [5.41, 5.74) is 1.55. The van der Waals surface area contributed by atoms with E-state index in [2.05, 4.69) is 42.5 Å². The number of aliphatic hydroxyl groups is 2. The fraction of sp³-hybridized carbons (Fsp3) is 0.526. The highest BCUT2D eigenvalue weighted by Crippen LogP contribution is 2.40. The number of rotatable bonds is 19. The molecule has 0 saturated carbocycles. The molecule has 6 amide bonds. The Morgan fingerprint density at radius 2 is 0.946 bits per heavy atom. The van der Waals surface area contributed by atoms with Crippen LogP contribution in [0.2, 0.25) is 0 Å². The molecule has 4 rings (SSSR count). The van der Waals surface area contributed by atoms with Gasteiger partial charge in [-0.3, -0.25) is 39.4 Å². The zero-order valence-electron chi connectivity index (χ0n) is 32.1. The molecule has 0 spiro atoms. The summed E-state index contributed by atoms with van der Waals surface area (Å²) in [5.74, 6) is -2.46. The molecule has 2 saturated heterocycles. The van der Waals surface area contributed by atoms with E-state index < -0.39 is 56.2 Å². The Morgan fingerprint density at radius 3 is 1.29 bits per heavy atom. The van der Waals surface area contributed by atoms with Crippen molar-refractivity contribution in [1.29, 1.82) is 0 Å². The number of hydrogen-bond acceptors (Lipinski definition) is 12. The third kappa shape index (κ3) is 12.7. The first-order valence-corrected chi connectivity index (χ1v) is 20.3. The summed E-state index contributed by atoms with van der Waals surface area (Å²) in [6.07, 6.45) is 0.111. The van der Waals surface area contributed by atoms with Crippen LogP contribution in [0.15, 0.2) is 60.7 Å². The average molecular weight is 815 g/mol. The molecule has 10 N–H and O–H groups in total. The van der Waals surface area contributed by atoms with E-state index in [-0.39, 0.29) is 75.9 Å². The van der Waals surface area contributed by atoms with E-state index in [4.69, 9.17) is 0 Å². The van der Waals surface area contributed by atoms with Crippen molar-refractivity contribution in [2.24, 2.45) is 0 Å². The van der Waals surface area contributed by atoms with E-state index in [9.17, 15) is 39.0 Å². The summed E-state index contributed by atoms with van der Waals surface area (Å²) in [6.45, 7) is 7.05. The van der Waals surface area contributed by atoms with E-state index in [1.165, 1.54) is 23.5 Å². The maximum Gasteiger partial charge on any atom is 0.245 e. The van der Waals surface area contributed by atoms with E-state index in [0.717, 1.165) is 11.1 Å². The first-order valence-electron chi connectivity index (χ1n) is 18.5. The summed E-state index contributed by atoms with van der Waals surface area (Å²) < 4.78 is -1.39. The monoisotopic (exact) mass is 814 g/mol. The highest BCUT2D eigenvalue weighted by molar-refractivity contribution is 8.01. The molecule has 0 aliphatic carbocycles. The van der Waals surface area contributed by atoms with Crippen molar-refractivity contribution >= 4 is 59.0 Å². The second-order valence-electron chi connectivity index (χ2n) is 14.5. The van der Waals surface area contributed by atoms with Gasteiger partial charge in [0, 0.05) is 35.7 Å². The second-order valence-corrected chi connectivity index (χ2v) is 18.1. The number of carbonyl (C=O) groups excluding carboxylic acids is 6. The molecule has 0 unspecified atom stereocenters. The molecule has 0 bridgehead atoms. The van der Waals surface area contributed by atoms with Gasteiger partial charge < -0.3 is 42.1 Å². The molecule has 2 aromatic rings. The third-order valence-corrected chi connectivity index (χ3v) is 12.2. The van der Waals surface area contributed by atoms with Crippen molar-refractivity contribution in [3.63, 3.8) is 0 Å². The Bertz CT molecular complexity index is 1550. The van der Waals surface area contributed by atoms with Crippen molar-refractivity contribution in [3.05, 3.63) is 71.8 Å². The van der Waals surface area contributed by atoms with Gasteiger partial charge in [-0.2, -0.15) is 0 Å². The fourth-order valence-corrected chi connectivity index (χ4v) is 9.42. The van der Waals surface area contributed by atoms with Crippen LogP contribution in [0.1, 0.15) is 38.8 Å². The number of nitrogens with one attached hydrogen (secondary N) is 8. The maximum atomic E-state index is 13.5. The molecule has 2 aliphatic rings. The molecule has 2 aromatic carbocycles. The van der Waals surface area contributed by atoms with Gasteiger partial charge in [-0.1, -0.05) is 60.7 Å². The average Bonchev–Trinajstić information content (AvgIpc) is 3.66. The van der Waals surface area contributed by atoms with Gasteiger partial charge in [0.1, 0.15) is 24.2 Å². The highest BCUT2D eigenvalue weighted by Gasteiger charge is 2.50. The van der Waals surface area contributed by atoms with Gasteiger partial charge in [-0.25, -0.2) is 0 Å². The molecule has 18 heteroatoms. The summed E-state index contributed by atoms with van der Waals surface area (Å²) in [6, 6.07) is 14.6. The third-order valence-electron chi connectivity index (χ3n) is 9.20. The van der Waals surface area contributed by atoms with Crippen molar-refractivity contribution in [1.82, 2.24) is 42.5 Å². The number of aliphatic hydroxyl groups excluding tert-OH is 2. The topological polar surface area (TPSA) is 239 Å². The lowest BCUT2D eigenvalue weighted by molar-refractivity contribution is -0.129. The smallest absolute Gasteiger partial charge is 0.245 e. The molecule has 0 radical (unpaired) electrons. The van der Waals surface area contributed by atoms with Crippen LogP contribution in [0.5, 0.6) is 0 Å². The van der Waals surface area contributed by atoms with Gasteiger partial charge >= 0.3 is 0 Å². The van der Waals surface area contributed by atoms with Gasteiger partial charge in [-0.05, 0) is 38.8 Å². The SMILES string of the molecule is CC1(C)S[C@H]([C@H](NC(=O)Cc2ccccc2)C(=O)NCCO)N[C@H]1C(=O)NCCNC(=O)[C@@H]1N[C@@H]([C@H](NC(=O)Cc2ccccc2)C(=O)NCCO)SC1(C)C. The van der Waals surface area contributed by atoms with Gasteiger partial charge in [0.25, 0.3) is 0 Å². The Kier molecular flexibility index (Phi) is 16.5. The van der Waals surface area contributed by atoms with Crippen LogP contribution < -0.4 is 42.5 Å². The Labute approximate surface area is 335 Å². The molecule has 306 valence electrons. The van der Waals surface area contributed by atoms with Crippen LogP contribution in [0.3, 0.4) is 0 Å². The van der Waals surface area contributed by atoms with Crippen LogP contribution in [0.4, 0.5) is 0 Å². The lowest BCUT2D eigenvalue weighted by Gasteiger charge is -2.25. The number of hydrogen-bond donors (Lipinski definition) is 10. The normalized spacial score (nSPS) is 21.9. The highest BCUT2D eigenvalue weighted by atomic mass is 32.2. The van der Waals surface area contributed by atoms with Crippen molar-refractivity contribution in [2.45, 2.75) is 84.9 Å². The molecule has 2 fully saturated rings. The van der Waals surface area contributed by atoms with E-state index in [0.29, 0.717) is 0 Å². The number of benzene rings is 2. The molecular formula is C38H54N8O8S2. The van der Waals surface area contributed by atoms with Crippen LogP contribution in [-0.2, 0) is 41.6 Å². The lowest BCUT2D eigenvalue weighted by Crippen LogP contribution is -2.59. The quantitative estimate of drug-likeness (QED) is 0.0731. The number of thioether (sulfide) groups is 2. The summed E-state index contributed by atoms with van der Waals surface area (Å²) >= 11 is 2.68. The van der Waals surface area contributed by atoms with Gasteiger partial charge in [0.05, 0.1) is 36.8 Å². The van der Waals surface area contributed by atoms with Crippen LogP contribution in [-0.4, -0.2) is 129 Å². The summed E-state index contributed by atoms with van der Waals surface area (Å²) in [5, 5.41) is 40.2. The summed E-state index contributed by atoms with van der Waals surface area (Å²) in [7, 11) is 0. The second kappa shape index (κ2) is 20.8. The predicted octanol–water partition coefficient (Wildman–Crippen LogP) is -1.49. The molecular weight excluding hydrogens is 761 g/mol. The van der Waals surface area contributed by atoms with E-state index in [1.807, 2.05) is 88.4 Å². The Morgan fingerprint density at radius 1 is 0.589 bits per heavy atom. The standard InChI is InChI=1S/C38H54N8O8S2/c1-37(2)29(45-35(55-37)27(31(51)41-17-19-47)43-25(49)21-23-11-7-5-8-12-23)33(53)39-15-16-40-34(54)30-38(3,4)56-36(46-30)28(32(52)42-18-20-48)44-26(50)22-24-13-9-6-10-14-24/h5-14,27-30,35-36,45-48H,15-22H2,1-4H3,(H,39,53)(H,40,54)(H,41,51)(H,42,52)(H,43,49)(H,44,50)/t27-,28-,29+,30+,35-,36-/m1/s1.